The SMILES string of the molecule is N#Cc1ccc(N2CCC(c3ccc(OCCCN4CCN(c5ccc6c(c5)C(=O)N(C5CCC(=O)NC5=O)C6=O)CC4)cc3)CC2)cc1C1CC1. The van der Waals surface area contributed by atoms with Gasteiger partial charge in [-0.25, -0.2) is 0 Å². The Labute approximate surface area is 304 Å². The lowest BCUT2D eigenvalue weighted by atomic mass is 9.89. The van der Waals surface area contributed by atoms with Crippen molar-refractivity contribution in [3.8, 4) is 11.8 Å². The van der Waals surface area contributed by atoms with Gasteiger partial charge in [0.05, 0.1) is 29.4 Å². The molecule has 3 aromatic rings. The highest BCUT2D eigenvalue weighted by Crippen LogP contribution is 2.43. The van der Waals surface area contributed by atoms with Crippen molar-refractivity contribution in [1.82, 2.24) is 15.1 Å². The quantitative estimate of drug-likeness (QED) is 0.234. The topological polar surface area (TPSA) is 126 Å². The van der Waals surface area contributed by atoms with Crippen molar-refractivity contribution in [3.63, 3.8) is 0 Å². The number of fused-ring (bicyclic) bond motifs is 1. The zero-order valence-electron chi connectivity index (χ0n) is 29.4. The molecule has 0 radical (unpaired) electrons. The van der Waals surface area contributed by atoms with Crippen molar-refractivity contribution < 1.29 is 23.9 Å². The Morgan fingerprint density at radius 2 is 1.42 bits per heavy atom. The molecule has 5 aliphatic rings. The molecule has 4 amide bonds. The number of nitriles is 1. The van der Waals surface area contributed by atoms with E-state index in [2.05, 4.69) is 62.5 Å². The van der Waals surface area contributed by atoms with Gasteiger partial charge in [0, 0.05) is 63.6 Å². The second kappa shape index (κ2) is 14.4. The van der Waals surface area contributed by atoms with Crippen LogP contribution in [-0.2, 0) is 9.59 Å². The van der Waals surface area contributed by atoms with Crippen LogP contribution in [0.3, 0.4) is 0 Å². The van der Waals surface area contributed by atoms with Crippen LogP contribution in [0.4, 0.5) is 11.4 Å². The largest absolute Gasteiger partial charge is 0.494 e. The van der Waals surface area contributed by atoms with Crippen molar-refractivity contribution in [1.29, 1.82) is 5.26 Å². The standard InChI is InChI=1S/C41H44N6O5/c42-26-30-4-7-31(24-35(30)29-2-3-29)45-17-14-28(15-18-45)27-5-9-33(10-6-27)52-23-1-16-44-19-21-46(22-20-44)32-8-11-34-36(25-32)41(51)47(40(34)50)37-12-13-38(48)43-39(37)49/h4-11,24-25,28-29,37H,1-3,12-23H2,(H,43,48,49). The fourth-order valence-electron chi connectivity index (χ4n) is 8.25. The molecule has 1 saturated carbocycles. The van der Waals surface area contributed by atoms with E-state index in [4.69, 9.17) is 4.74 Å². The van der Waals surface area contributed by atoms with Crippen LogP contribution in [-0.4, -0.2) is 91.9 Å². The van der Waals surface area contributed by atoms with Crippen LogP contribution in [0, 0.1) is 11.3 Å². The molecule has 1 unspecified atom stereocenters. The van der Waals surface area contributed by atoms with E-state index in [0.717, 1.165) is 87.0 Å². The van der Waals surface area contributed by atoms with Gasteiger partial charge >= 0.3 is 0 Å². The Hall–Kier alpha value is -5.21. The molecule has 0 aromatic heterocycles. The number of hydrogen-bond acceptors (Lipinski definition) is 9. The number of nitrogens with zero attached hydrogens (tertiary/aromatic N) is 5. The summed E-state index contributed by atoms with van der Waals surface area (Å²) in [6.45, 7) is 6.99. The van der Waals surface area contributed by atoms with E-state index in [-0.39, 0.29) is 18.7 Å². The second-order valence-electron chi connectivity index (χ2n) is 14.7. The Balaban J connectivity index is 0.760. The molecule has 0 spiro atoms. The lowest BCUT2D eigenvalue weighted by molar-refractivity contribution is -0.136. The van der Waals surface area contributed by atoms with Gasteiger partial charge in [0.2, 0.25) is 11.8 Å². The molecular weight excluding hydrogens is 656 g/mol. The average molecular weight is 701 g/mol. The first-order chi connectivity index (χ1) is 25.4. The van der Waals surface area contributed by atoms with E-state index in [9.17, 15) is 24.4 Å². The van der Waals surface area contributed by atoms with Gasteiger partial charge in [-0.1, -0.05) is 12.1 Å². The van der Waals surface area contributed by atoms with E-state index in [0.29, 0.717) is 29.6 Å². The Morgan fingerprint density at radius 3 is 2.13 bits per heavy atom. The van der Waals surface area contributed by atoms with E-state index in [1.807, 2.05) is 12.1 Å². The molecule has 1 N–H and O–H groups in total. The van der Waals surface area contributed by atoms with Crippen LogP contribution in [0.25, 0.3) is 0 Å². The third kappa shape index (κ3) is 6.87. The summed E-state index contributed by atoms with van der Waals surface area (Å²) in [7, 11) is 0. The number of benzene rings is 3. The fourth-order valence-corrected chi connectivity index (χ4v) is 8.25. The smallest absolute Gasteiger partial charge is 0.262 e. The number of nitrogens with one attached hydrogen (secondary N) is 1. The van der Waals surface area contributed by atoms with Gasteiger partial charge in [0.15, 0.2) is 0 Å². The molecule has 268 valence electrons. The van der Waals surface area contributed by atoms with Gasteiger partial charge in [-0.05, 0) is 110 Å². The van der Waals surface area contributed by atoms with Gasteiger partial charge < -0.3 is 14.5 Å². The summed E-state index contributed by atoms with van der Waals surface area (Å²) in [6.07, 6.45) is 5.79. The molecular formula is C41H44N6O5. The van der Waals surface area contributed by atoms with E-state index < -0.39 is 23.8 Å². The van der Waals surface area contributed by atoms with Crippen LogP contribution < -0.4 is 19.9 Å². The number of imide groups is 2. The number of piperazine rings is 1. The Bertz CT molecular complexity index is 1920. The lowest BCUT2D eigenvalue weighted by Crippen LogP contribution is -2.54. The summed E-state index contributed by atoms with van der Waals surface area (Å²) >= 11 is 0. The predicted octanol–water partition coefficient (Wildman–Crippen LogP) is 4.81. The minimum Gasteiger partial charge on any atom is -0.494 e. The molecule has 11 heteroatoms. The summed E-state index contributed by atoms with van der Waals surface area (Å²) in [5.74, 6) is 0.0623. The van der Waals surface area contributed by atoms with Crippen LogP contribution >= 0.6 is 0 Å². The minimum atomic E-state index is -0.961. The Morgan fingerprint density at radius 1 is 0.731 bits per heavy atom. The van der Waals surface area contributed by atoms with Gasteiger partial charge in [-0.2, -0.15) is 5.26 Å². The molecule has 1 aliphatic carbocycles. The Kier molecular flexibility index (Phi) is 9.41. The monoisotopic (exact) mass is 700 g/mol. The van der Waals surface area contributed by atoms with Crippen molar-refractivity contribution in [2.24, 2.45) is 0 Å². The first-order valence-corrected chi connectivity index (χ1v) is 18.7. The number of amides is 4. The molecule has 52 heavy (non-hydrogen) atoms. The third-order valence-corrected chi connectivity index (χ3v) is 11.4. The van der Waals surface area contributed by atoms with E-state index >= 15 is 0 Å². The molecule has 4 aliphatic heterocycles. The highest BCUT2D eigenvalue weighted by atomic mass is 16.5. The third-order valence-electron chi connectivity index (χ3n) is 11.4. The van der Waals surface area contributed by atoms with Crippen LogP contribution in [0.5, 0.6) is 5.75 Å². The van der Waals surface area contributed by atoms with E-state index in [1.165, 1.54) is 29.7 Å². The second-order valence-corrected chi connectivity index (χ2v) is 14.7. The molecule has 0 bridgehead atoms. The van der Waals surface area contributed by atoms with Crippen molar-refractivity contribution in [2.45, 2.75) is 62.8 Å². The van der Waals surface area contributed by atoms with Gasteiger partial charge in [-0.3, -0.25) is 34.3 Å². The van der Waals surface area contributed by atoms with Crippen molar-refractivity contribution in [3.05, 3.63) is 88.5 Å². The number of piperidine rings is 2. The summed E-state index contributed by atoms with van der Waals surface area (Å²) in [5.41, 5.74) is 6.18. The fraction of sp³-hybridized carbons (Fsp3) is 0.439. The van der Waals surface area contributed by atoms with Crippen LogP contribution in [0.15, 0.2) is 60.7 Å². The number of anilines is 2. The maximum absolute atomic E-state index is 13.2. The normalized spacial score (nSPS) is 21.3. The maximum atomic E-state index is 13.2. The van der Waals surface area contributed by atoms with Gasteiger partial charge in [-0.15, -0.1) is 0 Å². The molecule has 4 fully saturated rings. The molecule has 8 rings (SSSR count). The molecule has 1 atom stereocenters. The highest BCUT2D eigenvalue weighted by Gasteiger charge is 2.44. The first kappa shape index (κ1) is 33.9. The summed E-state index contributed by atoms with van der Waals surface area (Å²) < 4.78 is 6.11. The number of carbonyl (C=O) groups is 4. The van der Waals surface area contributed by atoms with Crippen LogP contribution in [0.1, 0.15) is 94.2 Å². The number of ether oxygens (including phenoxy) is 1. The molecule has 3 saturated heterocycles. The maximum Gasteiger partial charge on any atom is 0.262 e. The number of carbonyl (C=O) groups excluding carboxylic acids is 4. The lowest BCUT2D eigenvalue weighted by Gasteiger charge is -2.36. The van der Waals surface area contributed by atoms with Crippen molar-refractivity contribution in [2.75, 3.05) is 62.2 Å². The van der Waals surface area contributed by atoms with E-state index in [1.54, 1.807) is 12.1 Å². The first-order valence-electron chi connectivity index (χ1n) is 18.7. The van der Waals surface area contributed by atoms with Crippen LogP contribution in [0.2, 0.25) is 0 Å². The summed E-state index contributed by atoms with van der Waals surface area (Å²) in [5, 5.41) is 11.7. The van der Waals surface area contributed by atoms with Gasteiger partial charge in [0.25, 0.3) is 11.8 Å². The zero-order chi connectivity index (χ0) is 35.8. The number of rotatable bonds is 10. The minimum absolute atomic E-state index is 0.100. The van der Waals surface area contributed by atoms with Crippen molar-refractivity contribution >= 4 is 35.0 Å². The summed E-state index contributed by atoms with van der Waals surface area (Å²) in [4.78, 5) is 58.4. The molecule has 11 nitrogen and oxygen atoms in total. The molecule has 4 heterocycles. The highest BCUT2D eigenvalue weighted by molar-refractivity contribution is 6.23. The predicted molar refractivity (Wildman–Crippen MR) is 196 cm³/mol. The van der Waals surface area contributed by atoms with Gasteiger partial charge in [0.1, 0.15) is 11.8 Å². The number of hydrogen-bond donors (Lipinski definition) is 1. The zero-order valence-corrected chi connectivity index (χ0v) is 29.4. The summed E-state index contributed by atoms with van der Waals surface area (Å²) in [6, 6.07) is 21.7. The molecule has 3 aromatic carbocycles. The average Bonchev–Trinajstić information content (AvgIpc) is 4.00.